The highest BCUT2D eigenvalue weighted by atomic mass is 16.5. The van der Waals surface area contributed by atoms with Gasteiger partial charge in [-0.2, -0.15) is 0 Å². The van der Waals surface area contributed by atoms with Crippen molar-refractivity contribution in [3.8, 4) is 17.2 Å². The predicted octanol–water partition coefficient (Wildman–Crippen LogP) is 4.41. The second-order valence-corrected chi connectivity index (χ2v) is 7.04. The zero-order chi connectivity index (χ0) is 22.2. The van der Waals surface area contributed by atoms with Crippen molar-refractivity contribution in [2.45, 2.75) is 0 Å². The van der Waals surface area contributed by atoms with Gasteiger partial charge in [-0.25, -0.2) is 4.79 Å². The topological polar surface area (TPSA) is 107 Å². The lowest BCUT2D eigenvalue weighted by Crippen LogP contribution is -2.21. The molecule has 0 bridgehead atoms. The van der Waals surface area contributed by atoms with E-state index in [9.17, 15) is 14.4 Å². The lowest BCUT2D eigenvalue weighted by molar-refractivity contribution is 0.101. The van der Waals surface area contributed by atoms with Crippen LogP contribution in [-0.4, -0.2) is 18.9 Å². The third-order valence-corrected chi connectivity index (χ3v) is 5.03. The smallest absolute Gasteiger partial charge is 0.349 e. The Morgan fingerprint density at radius 1 is 0.969 bits per heavy atom. The van der Waals surface area contributed by atoms with E-state index < -0.39 is 11.5 Å². The zero-order valence-electron chi connectivity index (χ0n) is 16.8. The average molecular weight is 428 g/mol. The molecule has 2 heterocycles. The molecule has 5 rings (SSSR count). The maximum absolute atomic E-state index is 12.8. The van der Waals surface area contributed by atoms with E-state index in [1.807, 2.05) is 0 Å². The minimum absolute atomic E-state index is 0.172. The molecular formula is C24H16N2O6. The van der Waals surface area contributed by atoms with Gasteiger partial charge in [0.05, 0.1) is 18.4 Å². The van der Waals surface area contributed by atoms with Crippen molar-refractivity contribution in [1.29, 1.82) is 0 Å². The fraction of sp³-hybridized carbons (Fsp3) is 0.0417. The molecule has 1 aliphatic heterocycles. The molecule has 0 spiro atoms. The highest BCUT2D eigenvalue weighted by Gasteiger charge is 2.22. The first-order valence-corrected chi connectivity index (χ1v) is 9.68. The maximum atomic E-state index is 12.8. The fourth-order valence-corrected chi connectivity index (χ4v) is 3.48. The first kappa shape index (κ1) is 19.4. The van der Waals surface area contributed by atoms with Crippen molar-refractivity contribution in [2.75, 3.05) is 17.7 Å². The molecule has 4 aromatic rings. The molecule has 8 nitrogen and oxygen atoms in total. The average Bonchev–Trinajstić information content (AvgIpc) is 2.93. The first-order chi connectivity index (χ1) is 15.5. The van der Waals surface area contributed by atoms with E-state index in [1.165, 1.54) is 19.2 Å². The molecule has 8 heteroatoms. The van der Waals surface area contributed by atoms with Crippen LogP contribution in [0.3, 0.4) is 0 Å². The van der Waals surface area contributed by atoms with Crippen LogP contribution in [0.1, 0.15) is 20.7 Å². The van der Waals surface area contributed by atoms with E-state index in [0.29, 0.717) is 34.0 Å². The monoisotopic (exact) mass is 428 g/mol. The minimum atomic E-state index is -0.800. The van der Waals surface area contributed by atoms with E-state index in [0.717, 1.165) is 0 Å². The van der Waals surface area contributed by atoms with Gasteiger partial charge < -0.3 is 24.5 Å². The molecule has 1 aliphatic rings. The number of carbonyl (C=O) groups excluding carboxylic acids is 2. The van der Waals surface area contributed by atoms with Crippen molar-refractivity contribution in [2.24, 2.45) is 0 Å². The van der Waals surface area contributed by atoms with Crippen LogP contribution in [0.5, 0.6) is 17.2 Å². The van der Waals surface area contributed by atoms with Gasteiger partial charge in [-0.05, 0) is 42.5 Å². The van der Waals surface area contributed by atoms with Crippen LogP contribution in [0.2, 0.25) is 0 Å². The summed E-state index contributed by atoms with van der Waals surface area (Å²) >= 11 is 0. The van der Waals surface area contributed by atoms with E-state index >= 15 is 0 Å². The molecule has 158 valence electrons. The summed E-state index contributed by atoms with van der Waals surface area (Å²) in [7, 11) is 1.46. The van der Waals surface area contributed by atoms with E-state index in [2.05, 4.69) is 10.6 Å². The molecule has 0 saturated carbocycles. The van der Waals surface area contributed by atoms with Gasteiger partial charge in [0.25, 0.3) is 11.8 Å². The van der Waals surface area contributed by atoms with Crippen LogP contribution < -0.4 is 25.7 Å². The molecular weight excluding hydrogens is 412 g/mol. The lowest BCUT2D eigenvalue weighted by Gasteiger charge is -2.10. The van der Waals surface area contributed by atoms with Gasteiger partial charge in [-0.15, -0.1) is 0 Å². The number of benzene rings is 3. The Labute approximate surface area is 181 Å². The third kappa shape index (κ3) is 3.33. The Bertz CT molecular complexity index is 1460. The Morgan fingerprint density at radius 2 is 1.81 bits per heavy atom. The molecule has 3 aromatic carbocycles. The third-order valence-electron chi connectivity index (χ3n) is 5.03. The van der Waals surface area contributed by atoms with Crippen molar-refractivity contribution in [3.63, 3.8) is 0 Å². The number of para-hydroxylation sites is 3. The molecule has 0 radical (unpaired) electrons. The van der Waals surface area contributed by atoms with Crippen molar-refractivity contribution in [3.05, 3.63) is 88.3 Å². The molecule has 2 amide bonds. The normalized spacial score (nSPS) is 12.1. The highest BCUT2D eigenvalue weighted by Crippen LogP contribution is 2.36. The van der Waals surface area contributed by atoms with Gasteiger partial charge >= 0.3 is 5.63 Å². The summed E-state index contributed by atoms with van der Waals surface area (Å²) in [5, 5.41) is 5.96. The number of hydrogen-bond acceptors (Lipinski definition) is 6. The second kappa shape index (κ2) is 7.59. The van der Waals surface area contributed by atoms with Gasteiger partial charge in [0.15, 0.2) is 17.1 Å². The maximum Gasteiger partial charge on any atom is 0.349 e. The quantitative estimate of drug-likeness (QED) is 0.468. The summed E-state index contributed by atoms with van der Waals surface area (Å²) in [6.07, 6.45) is 0. The zero-order valence-corrected chi connectivity index (χ0v) is 16.8. The molecule has 2 N–H and O–H groups in total. The molecule has 1 aromatic heterocycles. The van der Waals surface area contributed by atoms with Crippen LogP contribution in [-0.2, 0) is 0 Å². The standard InChI is InChI=1S/C24H16N2O6/c1-30-20-8-4-5-13-11-16(24(29)32-21(13)20)23(28)25-14-9-10-18-15(12-14)22(27)26-17-6-2-3-7-19(17)31-18/h2-12H,1H3,(H,25,28)(H,26,27). The number of fused-ring (bicyclic) bond motifs is 3. The van der Waals surface area contributed by atoms with Gasteiger partial charge in [-0.3, -0.25) is 9.59 Å². The Morgan fingerprint density at radius 3 is 2.66 bits per heavy atom. The Hall–Kier alpha value is -4.59. The number of nitrogens with one attached hydrogen (secondary N) is 2. The molecule has 0 atom stereocenters. The van der Waals surface area contributed by atoms with Crippen LogP contribution in [0, 0.1) is 0 Å². The summed E-state index contributed by atoms with van der Waals surface area (Å²) in [5.41, 5.74) is 0.399. The lowest BCUT2D eigenvalue weighted by atomic mass is 10.1. The number of hydrogen-bond donors (Lipinski definition) is 2. The van der Waals surface area contributed by atoms with Crippen LogP contribution in [0.4, 0.5) is 11.4 Å². The van der Waals surface area contributed by atoms with Crippen LogP contribution in [0.25, 0.3) is 11.0 Å². The van der Waals surface area contributed by atoms with Crippen LogP contribution in [0.15, 0.2) is 75.9 Å². The number of methoxy groups -OCH3 is 1. The van der Waals surface area contributed by atoms with E-state index in [1.54, 1.807) is 54.6 Å². The molecule has 0 aliphatic carbocycles. The minimum Gasteiger partial charge on any atom is -0.493 e. The fourth-order valence-electron chi connectivity index (χ4n) is 3.48. The number of ether oxygens (including phenoxy) is 2. The molecule has 32 heavy (non-hydrogen) atoms. The molecule has 0 saturated heterocycles. The first-order valence-electron chi connectivity index (χ1n) is 9.68. The second-order valence-electron chi connectivity index (χ2n) is 7.04. The molecule has 0 unspecified atom stereocenters. The van der Waals surface area contributed by atoms with E-state index in [-0.39, 0.29) is 22.6 Å². The largest absolute Gasteiger partial charge is 0.493 e. The van der Waals surface area contributed by atoms with Crippen molar-refractivity contribution >= 4 is 34.2 Å². The predicted molar refractivity (Wildman–Crippen MR) is 118 cm³/mol. The van der Waals surface area contributed by atoms with Gasteiger partial charge in [0, 0.05) is 11.1 Å². The highest BCUT2D eigenvalue weighted by molar-refractivity contribution is 6.10. The summed E-state index contributed by atoms with van der Waals surface area (Å²) in [6.45, 7) is 0. The summed E-state index contributed by atoms with van der Waals surface area (Å²) in [6, 6.07) is 18.3. The number of rotatable bonds is 3. The number of anilines is 2. The van der Waals surface area contributed by atoms with Gasteiger partial charge in [-0.1, -0.05) is 24.3 Å². The summed E-state index contributed by atoms with van der Waals surface area (Å²) in [4.78, 5) is 37.9. The Balaban J connectivity index is 1.46. The SMILES string of the molecule is COc1cccc2cc(C(=O)Nc3ccc4c(c3)C(=O)Nc3ccccc3O4)c(=O)oc12. The molecule has 0 fully saturated rings. The van der Waals surface area contributed by atoms with Gasteiger partial charge in [0.1, 0.15) is 11.3 Å². The van der Waals surface area contributed by atoms with Crippen molar-refractivity contribution < 1.29 is 23.5 Å². The van der Waals surface area contributed by atoms with Crippen LogP contribution >= 0.6 is 0 Å². The summed E-state index contributed by atoms with van der Waals surface area (Å²) in [5.74, 6) is 0.215. The Kier molecular flexibility index (Phi) is 4.59. The van der Waals surface area contributed by atoms with Gasteiger partial charge in [0.2, 0.25) is 0 Å². The van der Waals surface area contributed by atoms with Crippen molar-refractivity contribution in [1.82, 2.24) is 0 Å². The number of amides is 2. The van der Waals surface area contributed by atoms with E-state index in [4.69, 9.17) is 13.9 Å². The number of carbonyl (C=O) groups is 2. The summed E-state index contributed by atoms with van der Waals surface area (Å²) < 4.78 is 16.3.